The molecule has 0 fully saturated rings. The lowest BCUT2D eigenvalue weighted by Gasteiger charge is -2.27. The fourth-order valence-electron chi connectivity index (χ4n) is 3.26. The molecule has 3 N–H and O–H groups in total. The minimum Gasteiger partial charge on any atom is -0.394 e. The molecule has 1 atom stereocenters. The zero-order chi connectivity index (χ0) is 25.9. The van der Waals surface area contributed by atoms with Gasteiger partial charge in [0.25, 0.3) is 0 Å². The number of hydrogen-bond acceptors (Lipinski definition) is 9. The van der Waals surface area contributed by atoms with Crippen LogP contribution in [0.3, 0.4) is 0 Å². The number of likely N-dealkylation sites (N-methyl/N-ethyl adjacent to an activating group) is 2. The van der Waals surface area contributed by atoms with Gasteiger partial charge >= 0.3 is 0 Å². The summed E-state index contributed by atoms with van der Waals surface area (Å²) in [4.78, 5) is 48.4. The Morgan fingerprint density at radius 2 is 1.77 bits per heavy atom. The minimum atomic E-state index is -0.512. The molecule has 196 valence electrons. The van der Waals surface area contributed by atoms with Crippen LogP contribution in [-0.2, 0) is 41.7 Å². The van der Waals surface area contributed by atoms with Crippen LogP contribution in [0.2, 0.25) is 0 Å². The fourth-order valence-corrected chi connectivity index (χ4v) is 3.26. The average Bonchev–Trinajstić information content (AvgIpc) is 2.86. The normalized spacial score (nSPS) is 11.8. The van der Waals surface area contributed by atoms with Crippen molar-refractivity contribution in [1.82, 2.24) is 15.5 Å². The van der Waals surface area contributed by atoms with Crippen molar-refractivity contribution in [3.05, 3.63) is 34.9 Å². The van der Waals surface area contributed by atoms with Gasteiger partial charge in [0.2, 0.25) is 11.8 Å². The predicted molar refractivity (Wildman–Crippen MR) is 128 cm³/mol. The van der Waals surface area contributed by atoms with Crippen LogP contribution in [0.5, 0.6) is 0 Å². The van der Waals surface area contributed by atoms with E-state index in [2.05, 4.69) is 10.6 Å². The number of carbonyl (C=O) groups is 4. The smallest absolute Gasteiger partial charge is 0.246 e. The van der Waals surface area contributed by atoms with Crippen molar-refractivity contribution >= 4 is 24.4 Å². The Hall–Kier alpha value is -2.70. The first kappa shape index (κ1) is 30.3. The van der Waals surface area contributed by atoms with Crippen molar-refractivity contribution in [1.29, 1.82) is 0 Å². The van der Waals surface area contributed by atoms with E-state index in [-0.39, 0.29) is 51.2 Å². The lowest BCUT2D eigenvalue weighted by atomic mass is 10.0. The van der Waals surface area contributed by atoms with Gasteiger partial charge in [-0.05, 0) is 24.6 Å². The van der Waals surface area contributed by atoms with Crippen LogP contribution >= 0.6 is 0 Å². The van der Waals surface area contributed by atoms with Gasteiger partial charge in [-0.3, -0.25) is 19.3 Å². The summed E-state index contributed by atoms with van der Waals surface area (Å²) in [5, 5.41) is 14.0. The highest BCUT2D eigenvalue weighted by molar-refractivity contribution is 5.82. The molecule has 1 rings (SSSR count). The first-order chi connectivity index (χ1) is 17.0. The van der Waals surface area contributed by atoms with Gasteiger partial charge in [0.1, 0.15) is 19.2 Å². The van der Waals surface area contributed by atoms with Gasteiger partial charge in [0.05, 0.1) is 45.7 Å². The number of aliphatic hydroxyl groups is 1. The molecule has 0 aliphatic rings. The molecule has 2 amide bonds. The van der Waals surface area contributed by atoms with Crippen LogP contribution in [0.25, 0.3) is 0 Å². The number of ether oxygens (including phenoxy) is 3. The van der Waals surface area contributed by atoms with E-state index in [1.807, 2.05) is 6.07 Å². The molecular weight excluding hydrogens is 458 g/mol. The van der Waals surface area contributed by atoms with Crippen molar-refractivity contribution < 1.29 is 38.5 Å². The van der Waals surface area contributed by atoms with Crippen LogP contribution in [-0.4, -0.2) is 101 Å². The summed E-state index contributed by atoms with van der Waals surface area (Å²) in [7, 11) is 3.30. The molecule has 0 saturated heterocycles. The Balaban J connectivity index is 2.52. The van der Waals surface area contributed by atoms with Gasteiger partial charge < -0.3 is 34.7 Å². The second-order valence-corrected chi connectivity index (χ2v) is 7.72. The highest BCUT2D eigenvalue weighted by Crippen LogP contribution is 2.16. The molecule has 0 aliphatic heterocycles. The summed E-state index contributed by atoms with van der Waals surface area (Å²) in [6.07, 6.45) is 2.15. The van der Waals surface area contributed by atoms with Crippen molar-refractivity contribution in [2.24, 2.45) is 0 Å². The molecule has 1 unspecified atom stereocenters. The van der Waals surface area contributed by atoms with Crippen molar-refractivity contribution in [3.63, 3.8) is 0 Å². The second-order valence-electron chi connectivity index (χ2n) is 7.72. The highest BCUT2D eigenvalue weighted by atomic mass is 16.5. The Bertz CT molecular complexity index is 790. The molecule has 0 heterocycles. The van der Waals surface area contributed by atoms with Crippen molar-refractivity contribution in [2.45, 2.75) is 32.0 Å². The number of amides is 2. The molecule has 0 aliphatic carbocycles. The second kappa shape index (κ2) is 18.6. The number of benzene rings is 1. The Labute approximate surface area is 206 Å². The summed E-state index contributed by atoms with van der Waals surface area (Å²) in [5.74, 6) is -0.492. The number of carbonyl (C=O) groups excluding carboxylic acids is 4. The fraction of sp³-hybridized carbons (Fsp3) is 0.583. The average molecular weight is 496 g/mol. The van der Waals surface area contributed by atoms with Crippen LogP contribution < -0.4 is 10.6 Å². The molecule has 11 nitrogen and oxygen atoms in total. The first-order valence-electron chi connectivity index (χ1n) is 11.5. The van der Waals surface area contributed by atoms with Crippen molar-refractivity contribution in [3.8, 4) is 0 Å². The van der Waals surface area contributed by atoms with Crippen LogP contribution in [0.4, 0.5) is 0 Å². The monoisotopic (exact) mass is 495 g/mol. The zero-order valence-corrected chi connectivity index (χ0v) is 20.5. The topological polar surface area (TPSA) is 144 Å². The standard InChI is InChI=1S/C24H37N3O8/c1-25-24(32)22(4-3-7-28)27(2)16-21-14-19(5-6-20(21)17-30)15-26-23(31)18-35-13-12-34-11-10-33-9-8-29/h5-7,14,17,22,29H,3-4,8-13,15-16,18H2,1-2H3,(H,25,32)(H,26,31). The third kappa shape index (κ3) is 12.5. The third-order valence-electron chi connectivity index (χ3n) is 5.10. The van der Waals surface area contributed by atoms with E-state index < -0.39 is 6.04 Å². The van der Waals surface area contributed by atoms with E-state index in [0.29, 0.717) is 43.9 Å². The van der Waals surface area contributed by atoms with Crippen molar-refractivity contribution in [2.75, 3.05) is 60.3 Å². The van der Waals surface area contributed by atoms with Crippen LogP contribution in [0.1, 0.15) is 34.3 Å². The number of nitrogens with zero attached hydrogens (tertiary/aromatic N) is 1. The minimum absolute atomic E-state index is 0.0293. The van der Waals surface area contributed by atoms with Gasteiger partial charge in [-0.25, -0.2) is 0 Å². The summed E-state index contributed by atoms with van der Waals surface area (Å²) >= 11 is 0. The molecule has 0 saturated carbocycles. The summed E-state index contributed by atoms with van der Waals surface area (Å²) in [6, 6.07) is 4.73. The van der Waals surface area contributed by atoms with Crippen LogP contribution in [0, 0.1) is 0 Å². The summed E-state index contributed by atoms with van der Waals surface area (Å²) in [5.41, 5.74) is 2.00. The lowest BCUT2D eigenvalue weighted by Crippen LogP contribution is -2.43. The van der Waals surface area contributed by atoms with E-state index in [9.17, 15) is 19.2 Å². The predicted octanol–water partition coefficient (Wildman–Crippen LogP) is -0.317. The molecular formula is C24H37N3O8. The van der Waals surface area contributed by atoms with E-state index in [1.165, 1.54) is 7.05 Å². The third-order valence-corrected chi connectivity index (χ3v) is 5.10. The number of aliphatic hydroxyl groups excluding tert-OH is 1. The first-order valence-corrected chi connectivity index (χ1v) is 11.5. The summed E-state index contributed by atoms with van der Waals surface area (Å²) < 4.78 is 15.6. The molecule has 0 spiro atoms. The van der Waals surface area contributed by atoms with E-state index in [0.717, 1.165) is 18.1 Å². The van der Waals surface area contributed by atoms with Gasteiger partial charge in [-0.1, -0.05) is 18.2 Å². The highest BCUT2D eigenvalue weighted by Gasteiger charge is 2.22. The van der Waals surface area contributed by atoms with Crippen LogP contribution in [0.15, 0.2) is 18.2 Å². The number of hydrogen-bond donors (Lipinski definition) is 3. The summed E-state index contributed by atoms with van der Waals surface area (Å²) in [6.45, 7) is 2.04. The number of rotatable bonds is 20. The Kier molecular flexibility index (Phi) is 16.1. The van der Waals surface area contributed by atoms with Gasteiger partial charge in [0, 0.05) is 32.1 Å². The quantitative estimate of drug-likeness (QED) is 0.164. The molecule has 0 aromatic heterocycles. The Morgan fingerprint density at radius 1 is 1.09 bits per heavy atom. The van der Waals surface area contributed by atoms with Gasteiger partial charge in [0.15, 0.2) is 0 Å². The molecule has 11 heteroatoms. The molecule has 35 heavy (non-hydrogen) atoms. The van der Waals surface area contributed by atoms with E-state index in [4.69, 9.17) is 19.3 Å². The Morgan fingerprint density at radius 3 is 2.40 bits per heavy atom. The maximum Gasteiger partial charge on any atom is 0.246 e. The number of nitrogens with one attached hydrogen (secondary N) is 2. The van der Waals surface area contributed by atoms with E-state index >= 15 is 0 Å². The molecule has 1 aromatic carbocycles. The number of aldehydes is 2. The molecule has 0 bridgehead atoms. The lowest BCUT2D eigenvalue weighted by molar-refractivity contribution is -0.127. The SMILES string of the molecule is CNC(=O)C(CCC=O)N(C)Cc1cc(CNC(=O)COCCOCCOCCO)ccc1C=O. The molecule has 0 radical (unpaired) electrons. The van der Waals surface area contributed by atoms with Gasteiger partial charge in [-0.2, -0.15) is 0 Å². The maximum atomic E-state index is 12.2. The molecule has 1 aromatic rings. The van der Waals surface area contributed by atoms with Gasteiger partial charge in [-0.15, -0.1) is 0 Å². The maximum absolute atomic E-state index is 12.2. The van der Waals surface area contributed by atoms with E-state index in [1.54, 1.807) is 24.1 Å². The largest absolute Gasteiger partial charge is 0.394 e. The zero-order valence-electron chi connectivity index (χ0n) is 20.5.